The highest BCUT2D eigenvalue weighted by Gasteiger charge is 2.29. The summed E-state index contributed by atoms with van der Waals surface area (Å²) in [6.07, 6.45) is 0.206. The van der Waals surface area contributed by atoms with E-state index in [1.54, 1.807) is 29.5 Å². The molecule has 1 aliphatic heterocycles. The molecule has 2 N–H and O–H groups in total. The molecule has 3 rings (SSSR count). The molecule has 24 heavy (non-hydrogen) atoms. The van der Waals surface area contributed by atoms with Crippen molar-refractivity contribution in [3.05, 3.63) is 51.7 Å². The Bertz CT molecular complexity index is 901. The van der Waals surface area contributed by atoms with Crippen LogP contribution in [-0.4, -0.2) is 26.7 Å². The number of fused-ring (bicyclic) bond motifs is 1. The van der Waals surface area contributed by atoms with Crippen molar-refractivity contribution in [3.8, 4) is 0 Å². The van der Waals surface area contributed by atoms with Gasteiger partial charge in [-0.2, -0.15) is 0 Å². The van der Waals surface area contributed by atoms with Crippen LogP contribution in [0.15, 0.2) is 45.6 Å². The molecule has 126 valence electrons. The quantitative estimate of drug-likeness (QED) is 0.849. The number of amides is 1. The van der Waals surface area contributed by atoms with Crippen molar-refractivity contribution < 1.29 is 13.2 Å². The van der Waals surface area contributed by atoms with Gasteiger partial charge < -0.3 is 5.32 Å². The molecule has 0 fully saturated rings. The molecule has 0 spiro atoms. The van der Waals surface area contributed by atoms with E-state index in [0.29, 0.717) is 17.9 Å². The van der Waals surface area contributed by atoms with Gasteiger partial charge in [0.25, 0.3) is 10.0 Å². The highest BCUT2D eigenvalue weighted by molar-refractivity contribution is 7.90. The van der Waals surface area contributed by atoms with Crippen molar-refractivity contribution in [1.82, 2.24) is 10.0 Å². The van der Waals surface area contributed by atoms with Crippen LogP contribution in [0.1, 0.15) is 22.4 Å². The van der Waals surface area contributed by atoms with E-state index >= 15 is 0 Å². The standard InChI is InChI=1S/C16H17N3O3S2/c1-11-7-9-23-13(11)10-18-15(20)6-8-17-16-12-4-2-3-5-14(12)24(21,22)19-16/h2-5,7,9H,6,8,10H2,1H3,(H,17,19)(H,18,20). The number of nitrogens with one attached hydrogen (secondary N) is 2. The molecule has 0 aliphatic carbocycles. The van der Waals surface area contributed by atoms with Crippen molar-refractivity contribution in [2.45, 2.75) is 24.8 Å². The van der Waals surface area contributed by atoms with Crippen LogP contribution < -0.4 is 10.0 Å². The molecular formula is C16H17N3O3S2. The highest BCUT2D eigenvalue weighted by atomic mass is 32.2. The van der Waals surface area contributed by atoms with Crippen molar-refractivity contribution in [1.29, 1.82) is 0 Å². The Balaban J connectivity index is 1.57. The summed E-state index contributed by atoms with van der Waals surface area (Å²) >= 11 is 1.61. The number of hydrogen-bond donors (Lipinski definition) is 2. The van der Waals surface area contributed by atoms with Gasteiger partial charge in [0, 0.05) is 16.9 Å². The maximum absolute atomic E-state index is 12.0. The molecule has 1 amide bonds. The smallest absolute Gasteiger partial charge is 0.263 e. The summed E-state index contributed by atoms with van der Waals surface area (Å²) in [5, 5.41) is 4.84. The van der Waals surface area contributed by atoms with Crippen molar-refractivity contribution >= 4 is 33.1 Å². The average molecular weight is 363 g/mol. The molecule has 2 heterocycles. The summed E-state index contributed by atoms with van der Waals surface area (Å²) in [7, 11) is -3.53. The topological polar surface area (TPSA) is 87.6 Å². The first-order valence-corrected chi connectivity index (χ1v) is 9.80. The average Bonchev–Trinajstić information content (AvgIpc) is 3.07. The maximum atomic E-state index is 12.0. The van der Waals surface area contributed by atoms with Gasteiger partial charge in [-0.1, -0.05) is 12.1 Å². The SMILES string of the molecule is Cc1ccsc1CNC(=O)CCN=C1NS(=O)(=O)c2ccccc21. The second kappa shape index (κ2) is 6.74. The number of aliphatic imine (C=N–C) groups is 1. The number of thiophene rings is 1. The number of amidine groups is 1. The third-order valence-electron chi connectivity index (χ3n) is 3.69. The van der Waals surface area contributed by atoms with E-state index in [0.717, 1.165) is 10.4 Å². The molecular weight excluding hydrogens is 346 g/mol. The number of rotatable bonds is 5. The predicted molar refractivity (Wildman–Crippen MR) is 93.7 cm³/mol. The van der Waals surface area contributed by atoms with E-state index in [-0.39, 0.29) is 23.8 Å². The van der Waals surface area contributed by atoms with Gasteiger partial charge in [0.2, 0.25) is 5.91 Å². The van der Waals surface area contributed by atoms with Gasteiger partial charge in [0.15, 0.2) is 0 Å². The molecule has 0 saturated carbocycles. The van der Waals surface area contributed by atoms with E-state index in [9.17, 15) is 13.2 Å². The Hall–Kier alpha value is -2.19. The lowest BCUT2D eigenvalue weighted by Gasteiger charge is -2.04. The van der Waals surface area contributed by atoms with E-state index < -0.39 is 10.0 Å². The van der Waals surface area contributed by atoms with Gasteiger partial charge in [-0.15, -0.1) is 11.3 Å². The Morgan fingerprint density at radius 3 is 2.83 bits per heavy atom. The molecule has 0 atom stereocenters. The number of aryl methyl sites for hydroxylation is 1. The van der Waals surface area contributed by atoms with E-state index in [4.69, 9.17) is 0 Å². The van der Waals surface area contributed by atoms with Gasteiger partial charge >= 0.3 is 0 Å². The summed E-state index contributed by atoms with van der Waals surface area (Å²) in [6, 6.07) is 8.68. The zero-order valence-electron chi connectivity index (χ0n) is 13.1. The highest BCUT2D eigenvalue weighted by Crippen LogP contribution is 2.22. The van der Waals surface area contributed by atoms with Gasteiger partial charge in [-0.05, 0) is 36.1 Å². The maximum Gasteiger partial charge on any atom is 0.263 e. The summed E-state index contributed by atoms with van der Waals surface area (Å²) in [5.41, 5.74) is 1.71. The lowest BCUT2D eigenvalue weighted by atomic mass is 10.2. The van der Waals surface area contributed by atoms with Crippen molar-refractivity contribution in [3.63, 3.8) is 0 Å². The molecule has 1 aliphatic rings. The Morgan fingerprint density at radius 1 is 1.29 bits per heavy atom. The zero-order valence-corrected chi connectivity index (χ0v) is 14.7. The monoisotopic (exact) mass is 363 g/mol. The fourth-order valence-electron chi connectivity index (χ4n) is 2.37. The summed E-state index contributed by atoms with van der Waals surface area (Å²) in [4.78, 5) is 17.5. The zero-order chi connectivity index (χ0) is 17.2. The summed E-state index contributed by atoms with van der Waals surface area (Å²) in [5.74, 6) is 0.189. The van der Waals surface area contributed by atoms with Crippen molar-refractivity contribution in [2.24, 2.45) is 4.99 Å². The first-order chi connectivity index (χ1) is 11.5. The van der Waals surface area contributed by atoms with Crippen LogP contribution in [0, 0.1) is 6.92 Å². The summed E-state index contributed by atoms with van der Waals surface area (Å²) in [6.45, 7) is 2.74. The third-order valence-corrected chi connectivity index (χ3v) is 6.11. The molecule has 0 radical (unpaired) electrons. The normalized spacial score (nSPS) is 16.6. The first-order valence-electron chi connectivity index (χ1n) is 7.44. The molecule has 0 bridgehead atoms. The molecule has 0 saturated heterocycles. The van der Waals surface area contributed by atoms with Crippen LogP contribution in [0.3, 0.4) is 0 Å². The minimum Gasteiger partial charge on any atom is -0.351 e. The molecule has 6 nitrogen and oxygen atoms in total. The van der Waals surface area contributed by atoms with Gasteiger partial charge in [0.1, 0.15) is 5.84 Å². The van der Waals surface area contributed by atoms with Crippen LogP contribution >= 0.6 is 11.3 Å². The Labute approximate surface area is 144 Å². The molecule has 0 unspecified atom stereocenters. The minimum absolute atomic E-state index is 0.110. The lowest BCUT2D eigenvalue weighted by molar-refractivity contribution is -0.121. The third kappa shape index (κ3) is 3.49. The Morgan fingerprint density at radius 2 is 2.08 bits per heavy atom. The number of sulfonamides is 1. The number of carbonyl (C=O) groups is 1. The second-order valence-corrected chi connectivity index (χ2v) is 8.04. The molecule has 8 heteroatoms. The fraction of sp³-hybridized carbons (Fsp3) is 0.250. The molecule has 1 aromatic heterocycles. The number of benzene rings is 1. The second-order valence-electron chi connectivity index (χ2n) is 5.39. The van der Waals surface area contributed by atoms with Crippen LogP contribution in [0.5, 0.6) is 0 Å². The van der Waals surface area contributed by atoms with Crippen molar-refractivity contribution in [2.75, 3.05) is 6.54 Å². The van der Waals surface area contributed by atoms with Crippen LogP contribution in [0.4, 0.5) is 0 Å². The van der Waals surface area contributed by atoms with Crippen LogP contribution in [-0.2, 0) is 21.4 Å². The van der Waals surface area contributed by atoms with Gasteiger partial charge in [0.05, 0.1) is 18.0 Å². The summed E-state index contributed by atoms with van der Waals surface area (Å²) < 4.78 is 26.3. The van der Waals surface area contributed by atoms with Gasteiger partial charge in [-0.25, -0.2) is 8.42 Å². The first kappa shape index (κ1) is 16.7. The molecule has 2 aromatic rings. The lowest BCUT2D eigenvalue weighted by Crippen LogP contribution is -2.25. The number of hydrogen-bond acceptors (Lipinski definition) is 5. The predicted octanol–water partition coefficient (Wildman–Crippen LogP) is 1.80. The van der Waals surface area contributed by atoms with E-state index in [2.05, 4.69) is 15.0 Å². The van der Waals surface area contributed by atoms with Crippen LogP contribution in [0.25, 0.3) is 0 Å². The number of carbonyl (C=O) groups excluding carboxylic acids is 1. The minimum atomic E-state index is -3.53. The Kier molecular flexibility index (Phi) is 4.68. The van der Waals surface area contributed by atoms with E-state index in [1.807, 2.05) is 18.4 Å². The van der Waals surface area contributed by atoms with Gasteiger partial charge in [-0.3, -0.25) is 14.5 Å². The van der Waals surface area contributed by atoms with E-state index in [1.165, 1.54) is 6.07 Å². The largest absolute Gasteiger partial charge is 0.351 e. The number of nitrogens with zero attached hydrogens (tertiary/aromatic N) is 1. The fourth-order valence-corrected chi connectivity index (χ4v) is 4.47. The molecule has 1 aromatic carbocycles. The van der Waals surface area contributed by atoms with Crippen LogP contribution in [0.2, 0.25) is 0 Å².